The normalized spacial score (nSPS) is 15.2. The Morgan fingerprint density at radius 3 is 2.75 bits per heavy atom. The van der Waals surface area contributed by atoms with Crippen LogP contribution in [0.1, 0.15) is 52.4 Å². The molecule has 0 spiro atoms. The highest BCUT2D eigenvalue weighted by atomic mass is 19.1. The van der Waals surface area contributed by atoms with E-state index >= 15 is 0 Å². The van der Waals surface area contributed by atoms with Gasteiger partial charge < -0.3 is 9.15 Å². The fraction of sp³-hybridized carbons (Fsp3) is 0.250. The summed E-state index contributed by atoms with van der Waals surface area (Å²) in [5.74, 6) is 1.60. The van der Waals surface area contributed by atoms with Crippen LogP contribution in [0, 0.1) is 0 Å². The summed E-state index contributed by atoms with van der Waals surface area (Å²) in [7, 11) is 1.59. The van der Waals surface area contributed by atoms with Crippen LogP contribution >= 0.6 is 0 Å². The van der Waals surface area contributed by atoms with Crippen LogP contribution in [0.4, 0.5) is 4.39 Å². The molecule has 0 saturated heterocycles. The molecule has 0 fully saturated rings. The maximum atomic E-state index is 13.0. The minimum atomic E-state index is -0.600. The molecule has 0 atom stereocenters. The number of alkyl halides is 1. The maximum Gasteiger partial charge on any atom is 0.197 e. The first-order valence-corrected chi connectivity index (χ1v) is 7.71. The average molecular weight is 326 g/mol. The Labute approximate surface area is 140 Å². The second-order valence-corrected chi connectivity index (χ2v) is 6.21. The number of hydrogen-bond acceptors (Lipinski definition) is 3. The van der Waals surface area contributed by atoms with Crippen molar-refractivity contribution in [1.82, 2.24) is 0 Å². The molecule has 2 aromatic rings. The number of halogens is 1. The minimum Gasteiger partial charge on any atom is -0.497 e. The molecule has 124 valence electrons. The first-order chi connectivity index (χ1) is 11.5. The molecular formula is C20H19FO3. The number of hydrogen-bond donors (Lipinski definition) is 0. The lowest BCUT2D eigenvalue weighted by molar-refractivity contribution is 0.102. The maximum absolute atomic E-state index is 13.0. The van der Waals surface area contributed by atoms with Crippen LogP contribution in [-0.2, 0) is 5.41 Å². The molecule has 3 rings (SSSR count). The van der Waals surface area contributed by atoms with Crippen LogP contribution in [0.2, 0.25) is 0 Å². The predicted octanol–water partition coefficient (Wildman–Crippen LogP) is 4.78. The van der Waals surface area contributed by atoms with Gasteiger partial charge in [0.2, 0.25) is 0 Å². The molecule has 4 heteroatoms. The molecule has 0 unspecified atom stereocenters. The molecule has 1 aliphatic carbocycles. The third-order valence-electron chi connectivity index (χ3n) is 4.48. The number of ketones is 1. The summed E-state index contributed by atoms with van der Waals surface area (Å²) in [6.07, 6.45) is 4.48. The second kappa shape index (κ2) is 5.78. The summed E-state index contributed by atoms with van der Waals surface area (Å²) in [6, 6.07) is 5.41. The topological polar surface area (TPSA) is 39.4 Å². The lowest BCUT2D eigenvalue weighted by Crippen LogP contribution is -2.29. The van der Waals surface area contributed by atoms with Crippen LogP contribution in [0.5, 0.6) is 5.75 Å². The number of fused-ring (bicyclic) bond motifs is 2. The second-order valence-electron chi connectivity index (χ2n) is 6.21. The molecule has 1 heterocycles. The van der Waals surface area contributed by atoms with E-state index in [0.29, 0.717) is 34.0 Å². The van der Waals surface area contributed by atoms with Crippen molar-refractivity contribution in [2.24, 2.45) is 0 Å². The van der Waals surface area contributed by atoms with Crippen molar-refractivity contribution >= 4 is 17.9 Å². The van der Waals surface area contributed by atoms with E-state index in [0.717, 1.165) is 5.56 Å². The molecule has 0 bridgehead atoms. The molecular weight excluding hydrogens is 307 g/mol. The van der Waals surface area contributed by atoms with Gasteiger partial charge in [0.1, 0.15) is 23.9 Å². The molecule has 24 heavy (non-hydrogen) atoms. The zero-order valence-electron chi connectivity index (χ0n) is 14.0. The SMILES string of the molecule is C=Cc1c(/C=C\CF)oc2c1C(=O)c1ccc(OC)cc1C2(C)C. The quantitative estimate of drug-likeness (QED) is 0.811. The molecule has 0 amide bonds. The average Bonchev–Trinajstić information content (AvgIpc) is 2.97. The molecule has 3 nitrogen and oxygen atoms in total. The number of methoxy groups -OCH3 is 1. The summed E-state index contributed by atoms with van der Waals surface area (Å²) in [5.41, 5.74) is 2.07. The van der Waals surface area contributed by atoms with Gasteiger partial charge in [-0.1, -0.05) is 18.7 Å². The Hall–Kier alpha value is -2.62. The number of carbonyl (C=O) groups is 1. The van der Waals surface area contributed by atoms with Crippen LogP contribution < -0.4 is 4.74 Å². The fourth-order valence-electron chi connectivity index (χ4n) is 3.23. The standard InChI is InChI=1S/C20H19FO3/c1-5-13-16(7-6-10-21)24-19-17(13)18(22)14-9-8-12(23-4)11-15(14)20(19,2)3/h5-9,11H,1,10H2,2-4H3/b7-6-. The molecule has 1 aromatic carbocycles. The van der Waals surface area contributed by atoms with Gasteiger partial charge in [0.25, 0.3) is 0 Å². The van der Waals surface area contributed by atoms with Crippen molar-refractivity contribution in [2.75, 3.05) is 13.8 Å². The molecule has 0 N–H and O–H groups in total. The molecule has 0 radical (unpaired) electrons. The third-order valence-corrected chi connectivity index (χ3v) is 4.48. The Balaban J connectivity index is 2.29. The summed E-state index contributed by atoms with van der Waals surface area (Å²) >= 11 is 0. The van der Waals surface area contributed by atoms with Gasteiger partial charge in [-0.3, -0.25) is 4.79 Å². The third kappa shape index (κ3) is 2.21. The number of benzene rings is 1. The van der Waals surface area contributed by atoms with Gasteiger partial charge in [0.05, 0.1) is 12.7 Å². The summed E-state index contributed by atoms with van der Waals surface area (Å²) in [4.78, 5) is 13.0. The Morgan fingerprint density at radius 1 is 1.38 bits per heavy atom. The van der Waals surface area contributed by atoms with E-state index in [1.165, 1.54) is 6.08 Å². The van der Waals surface area contributed by atoms with E-state index in [9.17, 15) is 9.18 Å². The van der Waals surface area contributed by atoms with Crippen molar-refractivity contribution in [2.45, 2.75) is 19.3 Å². The highest BCUT2D eigenvalue weighted by molar-refractivity contribution is 6.15. The number of rotatable bonds is 4. The van der Waals surface area contributed by atoms with E-state index in [1.807, 2.05) is 19.9 Å². The first-order valence-electron chi connectivity index (χ1n) is 7.71. The van der Waals surface area contributed by atoms with E-state index in [1.54, 1.807) is 31.4 Å². The number of furan rings is 1. The summed E-state index contributed by atoms with van der Waals surface area (Å²) in [5, 5.41) is 0. The van der Waals surface area contributed by atoms with E-state index in [-0.39, 0.29) is 5.78 Å². The predicted molar refractivity (Wildman–Crippen MR) is 92.4 cm³/mol. The summed E-state index contributed by atoms with van der Waals surface area (Å²) in [6.45, 7) is 7.18. The van der Waals surface area contributed by atoms with Gasteiger partial charge in [-0.15, -0.1) is 0 Å². The van der Waals surface area contributed by atoms with Gasteiger partial charge in [0.15, 0.2) is 5.78 Å². The molecule has 1 aromatic heterocycles. The Bertz CT molecular complexity index is 856. The van der Waals surface area contributed by atoms with E-state index in [2.05, 4.69) is 6.58 Å². The Morgan fingerprint density at radius 2 is 2.12 bits per heavy atom. The zero-order chi connectivity index (χ0) is 17.5. The van der Waals surface area contributed by atoms with Crippen molar-refractivity contribution in [3.63, 3.8) is 0 Å². The Kier molecular flexibility index (Phi) is 3.91. The lowest BCUT2D eigenvalue weighted by atomic mass is 9.71. The van der Waals surface area contributed by atoms with Gasteiger partial charge in [-0.05, 0) is 43.7 Å². The van der Waals surface area contributed by atoms with Gasteiger partial charge >= 0.3 is 0 Å². The number of carbonyl (C=O) groups excluding carboxylic acids is 1. The molecule has 0 aliphatic heterocycles. The highest BCUT2D eigenvalue weighted by Crippen LogP contribution is 2.45. The van der Waals surface area contributed by atoms with Gasteiger partial charge in [-0.2, -0.15) is 0 Å². The van der Waals surface area contributed by atoms with Crippen molar-refractivity contribution < 1.29 is 18.3 Å². The van der Waals surface area contributed by atoms with Crippen LogP contribution in [0.15, 0.2) is 35.3 Å². The van der Waals surface area contributed by atoms with Crippen molar-refractivity contribution in [1.29, 1.82) is 0 Å². The largest absolute Gasteiger partial charge is 0.497 e. The molecule has 1 aliphatic rings. The summed E-state index contributed by atoms with van der Waals surface area (Å²) < 4.78 is 23.7. The van der Waals surface area contributed by atoms with Crippen LogP contribution in [0.25, 0.3) is 12.2 Å². The van der Waals surface area contributed by atoms with Gasteiger partial charge in [-0.25, -0.2) is 4.39 Å². The van der Waals surface area contributed by atoms with Crippen LogP contribution in [-0.4, -0.2) is 19.6 Å². The lowest BCUT2D eigenvalue weighted by Gasteiger charge is -2.30. The number of ether oxygens (including phenoxy) is 1. The fourth-order valence-corrected chi connectivity index (χ4v) is 3.23. The highest BCUT2D eigenvalue weighted by Gasteiger charge is 2.42. The van der Waals surface area contributed by atoms with Crippen molar-refractivity contribution in [3.05, 3.63) is 64.6 Å². The van der Waals surface area contributed by atoms with Gasteiger partial charge in [0, 0.05) is 16.5 Å². The zero-order valence-corrected chi connectivity index (χ0v) is 14.0. The monoisotopic (exact) mass is 326 g/mol. The van der Waals surface area contributed by atoms with E-state index in [4.69, 9.17) is 9.15 Å². The van der Waals surface area contributed by atoms with Crippen LogP contribution in [0.3, 0.4) is 0 Å². The number of allylic oxidation sites excluding steroid dienone is 1. The first kappa shape index (κ1) is 16.2. The van der Waals surface area contributed by atoms with E-state index < -0.39 is 12.1 Å². The smallest absolute Gasteiger partial charge is 0.197 e. The minimum absolute atomic E-state index is 0.111. The van der Waals surface area contributed by atoms with Crippen molar-refractivity contribution in [3.8, 4) is 5.75 Å². The molecule has 0 saturated carbocycles.